The van der Waals surface area contributed by atoms with Crippen LogP contribution in [0.5, 0.6) is 0 Å². The van der Waals surface area contributed by atoms with Crippen LogP contribution in [0.1, 0.15) is 46.5 Å². The van der Waals surface area contributed by atoms with Gasteiger partial charge in [0.15, 0.2) is 0 Å². The van der Waals surface area contributed by atoms with Crippen LogP contribution in [0.15, 0.2) is 47.6 Å². The molecule has 0 bridgehead atoms. The molecule has 0 aromatic heterocycles. The van der Waals surface area contributed by atoms with Crippen LogP contribution >= 0.6 is 0 Å². The minimum atomic E-state index is -1.25. The molecule has 140 valence electrons. The maximum Gasteiger partial charge on any atom is 0.274 e. The van der Waals surface area contributed by atoms with Crippen LogP contribution in [-0.4, -0.2) is 23.1 Å². The van der Waals surface area contributed by atoms with Crippen molar-refractivity contribution >= 4 is 17.5 Å². The van der Waals surface area contributed by atoms with E-state index in [0.29, 0.717) is 5.56 Å². The fraction of sp³-hybridized carbons (Fsp3) is 0.318. The number of oxime groups is 1. The van der Waals surface area contributed by atoms with E-state index in [1.165, 1.54) is 5.56 Å². The lowest BCUT2D eigenvalue weighted by atomic mass is 9.81. The van der Waals surface area contributed by atoms with Crippen LogP contribution in [0.3, 0.4) is 0 Å². The highest BCUT2D eigenvalue weighted by atomic mass is 16.7. The minimum Gasteiger partial charge on any atom is -0.378 e. The molecular weight excluding hydrogens is 340 g/mol. The molecule has 0 saturated heterocycles. The zero-order chi connectivity index (χ0) is 19.8. The van der Waals surface area contributed by atoms with Crippen molar-refractivity contribution in [2.45, 2.75) is 40.2 Å². The third kappa shape index (κ3) is 3.37. The highest BCUT2D eigenvalue weighted by Gasteiger charge is 2.50. The number of imide groups is 1. The van der Waals surface area contributed by atoms with Crippen molar-refractivity contribution in [3.8, 4) is 0 Å². The van der Waals surface area contributed by atoms with E-state index in [9.17, 15) is 9.59 Å². The van der Waals surface area contributed by atoms with Crippen molar-refractivity contribution < 1.29 is 14.4 Å². The molecule has 1 N–H and O–H groups in total. The van der Waals surface area contributed by atoms with Gasteiger partial charge in [0.1, 0.15) is 0 Å². The standard InChI is InChI=1S/C22H24N2O3/c1-13-11-14(2)18(15(3)12-13)19-16(4)22(5,27-24-19)21(26)23-20(25)17-9-7-6-8-10-17/h6-12,16H,1-5H3,(H,23,25,26)/t16-,22-/m0/s1. The second-order valence-corrected chi connectivity index (χ2v) is 7.32. The van der Waals surface area contributed by atoms with Crippen LogP contribution < -0.4 is 5.32 Å². The summed E-state index contributed by atoms with van der Waals surface area (Å²) in [6.07, 6.45) is 0. The van der Waals surface area contributed by atoms with Crippen LogP contribution in [-0.2, 0) is 9.63 Å². The van der Waals surface area contributed by atoms with E-state index in [4.69, 9.17) is 4.84 Å². The molecule has 5 heteroatoms. The van der Waals surface area contributed by atoms with Gasteiger partial charge >= 0.3 is 0 Å². The monoisotopic (exact) mass is 364 g/mol. The molecule has 1 aliphatic rings. The van der Waals surface area contributed by atoms with Crippen molar-refractivity contribution in [1.29, 1.82) is 0 Å². The SMILES string of the molecule is Cc1cc(C)c(C2=NO[C@](C)(C(=O)NC(=O)c3ccccc3)[C@H]2C)c(C)c1. The Morgan fingerprint density at radius 2 is 1.67 bits per heavy atom. The molecule has 2 amide bonds. The Morgan fingerprint density at radius 3 is 2.26 bits per heavy atom. The highest BCUT2D eigenvalue weighted by Crippen LogP contribution is 2.35. The maximum absolute atomic E-state index is 12.8. The van der Waals surface area contributed by atoms with Gasteiger partial charge in [-0.05, 0) is 51.0 Å². The van der Waals surface area contributed by atoms with Gasteiger partial charge in [0, 0.05) is 11.1 Å². The molecule has 0 spiro atoms. The fourth-order valence-corrected chi connectivity index (χ4v) is 3.54. The summed E-state index contributed by atoms with van der Waals surface area (Å²) in [4.78, 5) is 30.7. The zero-order valence-corrected chi connectivity index (χ0v) is 16.3. The molecule has 0 unspecified atom stereocenters. The number of hydrogen-bond donors (Lipinski definition) is 1. The van der Waals surface area contributed by atoms with Gasteiger partial charge in [-0.2, -0.15) is 0 Å². The summed E-state index contributed by atoms with van der Waals surface area (Å²) in [5, 5.41) is 6.68. The number of hydrogen-bond acceptors (Lipinski definition) is 4. The molecule has 0 aliphatic carbocycles. The van der Waals surface area contributed by atoms with Crippen molar-refractivity contribution in [2.24, 2.45) is 11.1 Å². The molecule has 3 rings (SSSR count). The molecule has 27 heavy (non-hydrogen) atoms. The van der Waals surface area contributed by atoms with Gasteiger partial charge in [-0.1, -0.05) is 48.0 Å². The normalized spacial score (nSPS) is 21.4. The molecule has 0 radical (unpaired) electrons. The summed E-state index contributed by atoms with van der Waals surface area (Å²) < 4.78 is 0. The maximum atomic E-state index is 12.8. The van der Waals surface area contributed by atoms with Gasteiger partial charge in [0.05, 0.1) is 11.6 Å². The van der Waals surface area contributed by atoms with Crippen LogP contribution in [0.25, 0.3) is 0 Å². The van der Waals surface area contributed by atoms with Crippen LogP contribution in [0, 0.1) is 26.7 Å². The van der Waals surface area contributed by atoms with E-state index >= 15 is 0 Å². The van der Waals surface area contributed by atoms with Gasteiger partial charge in [-0.15, -0.1) is 0 Å². The Kier molecular flexibility index (Phi) is 4.87. The lowest BCUT2D eigenvalue weighted by molar-refractivity contribution is -0.143. The first-order chi connectivity index (χ1) is 12.7. The third-order valence-electron chi connectivity index (χ3n) is 5.22. The number of amides is 2. The minimum absolute atomic E-state index is 0.304. The number of rotatable bonds is 3. The number of carbonyl (C=O) groups is 2. The first-order valence-corrected chi connectivity index (χ1v) is 8.99. The molecule has 0 saturated carbocycles. The predicted octanol–water partition coefficient (Wildman–Crippen LogP) is 3.70. The second-order valence-electron chi connectivity index (χ2n) is 7.32. The summed E-state index contributed by atoms with van der Waals surface area (Å²) in [5.74, 6) is -1.25. The molecule has 1 heterocycles. The van der Waals surface area contributed by atoms with Crippen molar-refractivity contribution in [3.05, 3.63) is 70.3 Å². The predicted molar refractivity (Wildman–Crippen MR) is 105 cm³/mol. The second kappa shape index (κ2) is 6.99. The lowest BCUT2D eigenvalue weighted by Gasteiger charge is -2.25. The van der Waals surface area contributed by atoms with Gasteiger partial charge in [-0.3, -0.25) is 14.9 Å². The van der Waals surface area contributed by atoms with Gasteiger partial charge in [0.2, 0.25) is 5.60 Å². The van der Waals surface area contributed by atoms with Crippen LogP contribution in [0.4, 0.5) is 0 Å². The summed E-state index contributed by atoms with van der Waals surface area (Å²) in [6, 6.07) is 12.8. The van der Waals surface area contributed by atoms with Crippen molar-refractivity contribution in [1.82, 2.24) is 5.32 Å². The third-order valence-corrected chi connectivity index (χ3v) is 5.22. The largest absolute Gasteiger partial charge is 0.378 e. The Hall–Kier alpha value is -2.95. The average molecular weight is 364 g/mol. The summed E-state index contributed by atoms with van der Waals surface area (Å²) >= 11 is 0. The Bertz CT molecular complexity index is 911. The fourth-order valence-electron chi connectivity index (χ4n) is 3.54. The quantitative estimate of drug-likeness (QED) is 0.845. The molecule has 2 atom stereocenters. The van der Waals surface area contributed by atoms with E-state index in [-0.39, 0.29) is 5.92 Å². The van der Waals surface area contributed by atoms with Gasteiger partial charge < -0.3 is 4.84 Å². The molecule has 2 aromatic carbocycles. The van der Waals surface area contributed by atoms with Gasteiger partial charge in [-0.25, -0.2) is 0 Å². The molecule has 0 fully saturated rings. The molecule has 2 aromatic rings. The van der Waals surface area contributed by atoms with E-state index in [0.717, 1.165) is 22.4 Å². The Labute approximate surface area is 159 Å². The lowest BCUT2D eigenvalue weighted by Crippen LogP contribution is -2.51. The van der Waals surface area contributed by atoms with E-state index in [1.807, 2.05) is 33.8 Å². The van der Waals surface area contributed by atoms with Crippen LogP contribution in [0.2, 0.25) is 0 Å². The summed E-state index contributed by atoms with van der Waals surface area (Å²) in [7, 11) is 0. The Morgan fingerprint density at radius 1 is 1.07 bits per heavy atom. The molecule has 1 aliphatic heterocycles. The molecule has 5 nitrogen and oxygen atoms in total. The van der Waals surface area contributed by atoms with E-state index in [2.05, 4.69) is 22.6 Å². The zero-order valence-electron chi connectivity index (χ0n) is 16.3. The topological polar surface area (TPSA) is 67.8 Å². The summed E-state index contributed by atoms with van der Waals surface area (Å²) in [6.45, 7) is 9.67. The average Bonchev–Trinajstić information content (AvgIpc) is 2.92. The number of aryl methyl sites for hydroxylation is 3. The van der Waals surface area contributed by atoms with E-state index in [1.54, 1.807) is 31.2 Å². The smallest absolute Gasteiger partial charge is 0.274 e. The summed E-state index contributed by atoms with van der Waals surface area (Å²) in [5.41, 5.74) is 4.26. The first-order valence-electron chi connectivity index (χ1n) is 8.99. The van der Waals surface area contributed by atoms with Gasteiger partial charge in [0.25, 0.3) is 11.8 Å². The first kappa shape index (κ1) is 18.8. The number of nitrogens with zero attached hydrogens (tertiary/aromatic N) is 1. The van der Waals surface area contributed by atoms with Crippen molar-refractivity contribution in [3.63, 3.8) is 0 Å². The Balaban J connectivity index is 1.83. The molecular formula is C22H24N2O3. The van der Waals surface area contributed by atoms with E-state index < -0.39 is 17.4 Å². The number of benzene rings is 2. The number of carbonyl (C=O) groups excluding carboxylic acids is 2. The van der Waals surface area contributed by atoms with Crippen molar-refractivity contribution in [2.75, 3.05) is 0 Å². The highest BCUT2D eigenvalue weighted by molar-refractivity contribution is 6.12. The number of nitrogens with one attached hydrogen (secondary N) is 1.